The second-order valence-electron chi connectivity index (χ2n) is 6.66. The molecule has 1 atom stereocenters. The normalized spacial score (nSPS) is 12.1. The van der Waals surface area contributed by atoms with E-state index in [9.17, 15) is 10.1 Å². The first-order valence-corrected chi connectivity index (χ1v) is 8.97. The molecule has 0 aliphatic heterocycles. The maximum atomic E-state index is 12.5. The van der Waals surface area contributed by atoms with Gasteiger partial charge >= 0.3 is 0 Å². The van der Waals surface area contributed by atoms with Crippen molar-refractivity contribution in [2.75, 3.05) is 19.0 Å². The summed E-state index contributed by atoms with van der Waals surface area (Å²) in [7, 11) is 1.66. The Morgan fingerprint density at radius 1 is 1.29 bits per heavy atom. The van der Waals surface area contributed by atoms with Crippen LogP contribution in [0.4, 0.5) is 5.69 Å². The Morgan fingerprint density at radius 3 is 2.54 bits per heavy atom. The van der Waals surface area contributed by atoms with Crippen LogP contribution in [0, 0.1) is 36.5 Å². The summed E-state index contributed by atoms with van der Waals surface area (Å²) in [4.78, 5) is 12.5. The lowest BCUT2D eigenvalue weighted by Crippen LogP contribution is -2.14. The van der Waals surface area contributed by atoms with E-state index in [1.165, 1.54) is 0 Å². The molecule has 1 aromatic heterocycles. The van der Waals surface area contributed by atoms with Crippen LogP contribution in [-0.2, 0) is 16.0 Å². The van der Waals surface area contributed by atoms with Gasteiger partial charge in [0.05, 0.1) is 25.1 Å². The summed E-state index contributed by atoms with van der Waals surface area (Å²) >= 11 is 0. The highest BCUT2D eigenvalue weighted by Gasteiger charge is 2.16. The number of hydrogen-bond donors (Lipinski definition) is 1. The Bertz CT molecular complexity index is 956. The molecule has 0 bridgehead atoms. The van der Waals surface area contributed by atoms with E-state index in [0.29, 0.717) is 18.7 Å². The number of aromatic nitrogens is 1. The summed E-state index contributed by atoms with van der Waals surface area (Å²) in [5.74, 6) is -0.467. The summed E-state index contributed by atoms with van der Waals surface area (Å²) in [5, 5.41) is 20.9. The van der Waals surface area contributed by atoms with Gasteiger partial charge < -0.3 is 14.6 Å². The van der Waals surface area contributed by atoms with E-state index in [-0.39, 0.29) is 11.6 Å². The monoisotopic (exact) mass is 376 g/mol. The molecule has 2 aromatic rings. The van der Waals surface area contributed by atoms with Crippen LogP contribution in [-0.4, -0.2) is 24.2 Å². The molecule has 0 saturated carbocycles. The quantitative estimate of drug-likeness (QED) is 0.585. The van der Waals surface area contributed by atoms with E-state index in [1.807, 2.05) is 26.0 Å². The second kappa shape index (κ2) is 9.55. The number of rotatable bonds is 7. The fourth-order valence-corrected chi connectivity index (χ4v) is 3.24. The van der Waals surface area contributed by atoms with E-state index in [4.69, 9.17) is 10.00 Å². The molecule has 144 valence electrons. The van der Waals surface area contributed by atoms with Gasteiger partial charge in [-0.1, -0.05) is 12.1 Å². The predicted molar refractivity (Wildman–Crippen MR) is 108 cm³/mol. The number of benzene rings is 1. The van der Waals surface area contributed by atoms with Crippen molar-refractivity contribution in [3.05, 3.63) is 58.4 Å². The molecular weight excluding hydrogens is 352 g/mol. The molecule has 1 heterocycles. The smallest absolute Gasteiger partial charge is 0.266 e. The van der Waals surface area contributed by atoms with Crippen LogP contribution in [0.3, 0.4) is 0 Å². The van der Waals surface area contributed by atoms with Gasteiger partial charge in [0.2, 0.25) is 0 Å². The van der Waals surface area contributed by atoms with Crippen molar-refractivity contribution in [3.8, 4) is 12.1 Å². The fraction of sp³-hybridized carbons (Fsp3) is 0.318. The maximum Gasteiger partial charge on any atom is 0.266 e. The number of carbonyl (C=O) groups excluding carboxylic acids is 1. The topological polar surface area (TPSA) is 90.8 Å². The number of hydrogen-bond acceptors (Lipinski definition) is 4. The number of nitrogens with zero attached hydrogens (tertiary/aromatic N) is 3. The Hall–Kier alpha value is -3.35. The number of nitriles is 2. The van der Waals surface area contributed by atoms with Gasteiger partial charge in [-0.15, -0.1) is 0 Å². The second-order valence-corrected chi connectivity index (χ2v) is 6.66. The minimum atomic E-state index is -0.467. The lowest BCUT2D eigenvalue weighted by molar-refractivity contribution is -0.112. The minimum absolute atomic E-state index is 0.0285. The molecule has 1 aromatic carbocycles. The van der Waals surface area contributed by atoms with Crippen molar-refractivity contribution in [1.82, 2.24) is 4.57 Å². The van der Waals surface area contributed by atoms with Crippen molar-refractivity contribution < 1.29 is 9.53 Å². The third kappa shape index (κ3) is 4.88. The largest absolute Gasteiger partial charge is 0.383 e. The van der Waals surface area contributed by atoms with Gasteiger partial charge in [-0.3, -0.25) is 4.79 Å². The molecule has 0 spiro atoms. The maximum absolute atomic E-state index is 12.5. The van der Waals surface area contributed by atoms with E-state index in [0.717, 1.165) is 22.5 Å². The van der Waals surface area contributed by atoms with Crippen molar-refractivity contribution in [2.45, 2.75) is 33.2 Å². The molecule has 0 radical (unpaired) electrons. The van der Waals surface area contributed by atoms with Gasteiger partial charge in [0, 0.05) is 24.2 Å². The van der Waals surface area contributed by atoms with Gasteiger partial charge in [0.25, 0.3) is 5.91 Å². The molecule has 0 aliphatic rings. The summed E-state index contributed by atoms with van der Waals surface area (Å²) < 4.78 is 7.37. The average Bonchev–Trinajstić information content (AvgIpc) is 2.95. The first-order valence-electron chi connectivity index (χ1n) is 8.97. The van der Waals surface area contributed by atoms with Crippen LogP contribution in [0.5, 0.6) is 0 Å². The van der Waals surface area contributed by atoms with Gasteiger partial charge in [-0.2, -0.15) is 10.5 Å². The molecular formula is C22H24N4O2. The molecule has 1 N–H and O–H groups in total. The summed E-state index contributed by atoms with van der Waals surface area (Å²) in [6.45, 7) is 6.59. The highest BCUT2D eigenvalue weighted by atomic mass is 16.5. The number of ether oxygens (including phenoxy) is 1. The van der Waals surface area contributed by atoms with E-state index in [2.05, 4.69) is 22.9 Å². The SMILES string of the molecule is COCC(C)n1c(C)cc(/C=C(\C#N)C(=O)Nc2ccc(CC#N)cc2)c1C. The van der Waals surface area contributed by atoms with Gasteiger partial charge in [0.1, 0.15) is 11.6 Å². The molecule has 1 amide bonds. The third-order valence-corrected chi connectivity index (χ3v) is 4.53. The van der Waals surface area contributed by atoms with E-state index >= 15 is 0 Å². The lowest BCUT2D eigenvalue weighted by Gasteiger charge is -2.17. The van der Waals surface area contributed by atoms with E-state index in [1.54, 1.807) is 37.5 Å². The van der Waals surface area contributed by atoms with Crippen LogP contribution in [0.15, 0.2) is 35.9 Å². The van der Waals surface area contributed by atoms with Gasteiger partial charge in [0.15, 0.2) is 0 Å². The van der Waals surface area contributed by atoms with E-state index < -0.39 is 5.91 Å². The van der Waals surface area contributed by atoms with Gasteiger partial charge in [-0.25, -0.2) is 0 Å². The number of carbonyl (C=O) groups is 1. The number of nitrogens with one attached hydrogen (secondary N) is 1. The van der Waals surface area contributed by atoms with Gasteiger partial charge in [-0.05, 0) is 56.2 Å². The molecule has 0 fully saturated rings. The number of aryl methyl sites for hydroxylation is 1. The Morgan fingerprint density at radius 2 is 1.96 bits per heavy atom. The first-order chi connectivity index (χ1) is 13.4. The Balaban J connectivity index is 2.24. The zero-order valence-corrected chi connectivity index (χ0v) is 16.6. The molecule has 6 heteroatoms. The average molecular weight is 376 g/mol. The van der Waals surface area contributed by atoms with Crippen LogP contribution in [0.2, 0.25) is 0 Å². The number of anilines is 1. The van der Waals surface area contributed by atoms with Crippen LogP contribution in [0.1, 0.15) is 35.5 Å². The van der Waals surface area contributed by atoms with Crippen molar-refractivity contribution in [3.63, 3.8) is 0 Å². The molecule has 0 saturated heterocycles. The standard InChI is InChI=1S/C22H24N4O2/c1-15-11-19(17(3)26(15)16(2)14-28-4)12-20(13-24)22(27)25-21-7-5-18(6-8-21)9-10-23/h5-8,11-12,16H,9,14H2,1-4H3,(H,25,27)/b20-12+. The zero-order valence-electron chi connectivity index (χ0n) is 16.6. The lowest BCUT2D eigenvalue weighted by atomic mass is 10.1. The van der Waals surface area contributed by atoms with Crippen molar-refractivity contribution in [2.24, 2.45) is 0 Å². The van der Waals surface area contributed by atoms with Crippen molar-refractivity contribution in [1.29, 1.82) is 10.5 Å². The number of amides is 1. The molecule has 0 aliphatic carbocycles. The Labute approximate surface area is 165 Å². The predicted octanol–water partition coefficient (Wildman–Crippen LogP) is 3.92. The fourth-order valence-electron chi connectivity index (χ4n) is 3.24. The van der Waals surface area contributed by atoms with Crippen LogP contribution in [0.25, 0.3) is 6.08 Å². The van der Waals surface area contributed by atoms with Crippen LogP contribution < -0.4 is 5.32 Å². The minimum Gasteiger partial charge on any atom is -0.383 e. The molecule has 28 heavy (non-hydrogen) atoms. The molecule has 2 rings (SSSR count). The summed E-state index contributed by atoms with van der Waals surface area (Å²) in [6.07, 6.45) is 1.92. The summed E-state index contributed by atoms with van der Waals surface area (Å²) in [6, 6.07) is 13.2. The van der Waals surface area contributed by atoms with Crippen molar-refractivity contribution >= 4 is 17.7 Å². The molecule has 1 unspecified atom stereocenters. The third-order valence-electron chi connectivity index (χ3n) is 4.53. The summed E-state index contributed by atoms with van der Waals surface area (Å²) in [5.41, 5.74) is 4.32. The highest BCUT2D eigenvalue weighted by molar-refractivity contribution is 6.09. The first kappa shape index (κ1) is 21.0. The zero-order chi connectivity index (χ0) is 20.7. The Kier molecular flexibility index (Phi) is 7.14. The highest BCUT2D eigenvalue weighted by Crippen LogP contribution is 2.23. The van der Waals surface area contributed by atoms with Crippen LogP contribution >= 0.6 is 0 Å². The molecule has 6 nitrogen and oxygen atoms in total. The number of methoxy groups -OCH3 is 1.